The summed E-state index contributed by atoms with van der Waals surface area (Å²) in [5.41, 5.74) is 1.19. The van der Waals surface area contributed by atoms with Crippen LogP contribution in [0.1, 0.15) is 12.8 Å². The van der Waals surface area contributed by atoms with E-state index in [-0.39, 0.29) is 17.0 Å². The van der Waals surface area contributed by atoms with Crippen molar-refractivity contribution in [2.45, 2.75) is 18.9 Å². The van der Waals surface area contributed by atoms with Crippen molar-refractivity contribution in [3.8, 4) is 11.5 Å². The number of methoxy groups -OCH3 is 1. The summed E-state index contributed by atoms with van der Waals surface area (Å²) < 4.78 is 30.8. The van der Waals surface area contributed by atoms with E-state index < -0.39 is 5.82 Å². The van der Waals surface area contributed by atoms with E-state index in [4.69, 9.17) is 25.8 Å². The maximum atomic E-state index is 13.7. The molecule has 9 nitrogen and oxygen atoms in total. The number of nitrogens with one attached hydrogen (secondary N) is 1. The Kier molecular flexibility index (Phi) is 7.87. The van der Waals surface area contributed by atoms with Crippen molar-refractivity contribution in [3.63, 3.8) is 0 Å². The second-order valence-electron chi connectivity index (χ2n) is 9.08. The van der Waals surface area contributed by atoms with Crippen LogP contribution in [0.2, 0.25) is 5.02 Å². The zero-order valence-corrected chi connectivity index (χ0v) is 21.3. The molecule has 2 aliphatic heterocycles. The Morgan fingerprint density at radius 1 is 1.22 bits per heavy atom. The summed E-state index contributed by atoms with van der Waals surface area (Å²) in [6.07, 6.45) is 3.23. The topological polar surface area (TPSA) is 89.1 Å². The molecule has 0 aliphatic carbocycles. The number of fused-ring (bicyclic) bond motifs is 1. The summed E-state index contributed by atoms with van der Waals surface area (Å²) in [4.78, 5) is 25.9. The Labute approximate surface area is 219 Å². The number of anilines is 2. The van der Waals surface area contributed by atoms with Gasteiger partial charge in [0.2, 0.25) is 5.91 Å². The number of hydrogen-bond acceptors (Lipinski definition) is 8. The van der Waals surface area contributed by atoms with Crippen LogP contribution in [0.15, 0.2) is 36.7 Å². The minimum absolute atomic E-state index is 0.00424. The largest absolute Gasteiger partial charge is 0.497 e. The number of benzene rings is 2. The summed E-state index contributed by atoms with van der Waals surface area (Å²) >= 11 is 5.96. The third kappa shape index (κ3) is 5.87. The molecule has 1 amide bonds. The van der Waals surface area contributed by atoms with Crippen molar-refractivity contribution in [1.82, 2.24) is 19.8 Å². The second kappa shape index (κ2) is 11.5. The molecule has 0 unspecified atom stereocenters. The molecule has 0 spiro atoms. The van der Waals surface area contributed by atoms with Crippen LogP contribution in [-0.2, 0) is 9.53 Å². The van der Waals surface area contributed by atoms with Gasteiger partial charge in [0, 0.05) is 37.5 Å². The van der Waals surface area contributed by atoms with Crippen molar-refractivity contribution in [2.24, 2.45) is 0 Å². The molecule has 2 saturated heterocycles. The number of ether oxygens (including phenoxy) is 3. The van der Waals surface area contributed by atoms with Crippen LogP contribution in [0.3, 0.4) is 0 Å². The van der Waals surface area contributed by atoms with Crippen molar-refractivity contribution in [1.29, 1.82) is 0 Å². The quantitative estimate of drug-likeness (QED) is 0.470. The van der Waals surface area contributed by atoms with Gasteiger partial charge in [-0.15, -0.1) is 0 Å². The standard InChI is InChI=1S/C26H29ClFN5O4/c1-35-19-12-22-25(26(30-16-29-22)31-17-4-5-21(28)20(27)11-17)23(13-19)37-15-18-3-2-6-33(18)24(34)14-32-7-9-36-10-8-32/h4-5,11-13,16,18H,2-3,6-10,14-15H2,1H3,(H,29,30,31)/t18-/m0/s1. The average Bonchev–Trinajstić information content (AvgIpc) is 3.39. The number of carbonyl (C=O) groups is 1. The van der Waals surface area contributed by atoms with E-state index >= 15 is 0 Å². The minimum atomic E-state index is -0.502. The van der Waals surface area contributed by atoms with Gasteiger partial charge >= 0.3 is 0 Å². The molecular formula is C26H29ClFN5O4. The first-order chi connectivity index (χ1) is 18.0. The van der Waals surface area contributed by atoms with Gasteiger partial charge in [-0.1, -0.05) is 11.6 Å². The highest BCUT2D eigenvalue weighted by molar-refractivity contribution is 6.31. The van der Waals surface area contributed by atoms with E-state index in [2.05, 4.69) is 20.2 Å². The van der Waals surface area contributed by atoms with E-state index in [0.29, 0.717) is 60.3 Å². The van der Waals surface area contributed by atoms with Gasteiger partial charge in [0.1, 0.15) is 36.1 Å². The predicted octanol–water partition coefficient (Wildman–Crippen LogP) is 3.88. The van der Waals surface area contributed by atoms with Gasteiger partial charge in [0.15, 0.2) is 0 Å². The van der Waals surface area contributed by atoms with Crippen LogP contribution in [0, 0.1) is 5.82 Å². The van der Waals surface area contributed by atoms with Gasteiger partial charge in [-0.25, -0.2) is 14.4 Å². The maximum Gasteiger partial charge on any atom is 0.237 e. The normalized spacial score (nSPS) is 18.2. The first kappa shape index (κ1) is 25.4. The van der Waals surface area contributed by atoms with E-state index in [9.17, 15) is 9.18 Å². The molecule has 0 saturated carbocycles. The van der Waals surface area contributed by atoms with Gasteiger partial charge in [0.05, 0.1) is 48.8 Å². The Morgan fingerprint density at radius 2 is 2.05 bits per heavy atom. The molecule has 3 heterocycles. The number of amides is 1. The van der Waals surface area contributed by atoms with E-state index in [1.165, 1.54) is 18.5 Å². The first-order valence-corrected chi connectivity index (χ1v) is 12.7. The Hall–Kier alpha value is -3.21. The molecule has 11 heteroatoms. The first-order valence-electron chi connectivity index (χ1n) is 12.3. The second-order valence-corrected chi connectivity index (χ2v) is 9.49. The van der Waals surface area contributed by atoms with Gasteiger partial charge in [-0.05, 0) is 31.0 Å². The van der Waals surface area contributed by atoms with E-state index in [1.54, 1.807) is 25.3 Å². The van der Waals surface area contributed by atoms with Crippen LogP contribution >= 0.6 is 11.6 Å². The van der Waals surface area contributed by atoms with Crippen molar-refractivity contribution in [3.05, 3.63) is 47.5 Å². The number of aromatic nitrogens is 2. The third-order valence-corrected chi connectivity index (χ3v) is 6.97. The Morgan fingerprint density at radius 3 is 2.84 bits per heavy atom. The summed E-state index contributed by atoms with van der Waals surface area (Å²) in [6.45, 7) is 4.29. The zero-order chi connectivity index (χ0) is 25.8. The number of rotatable bonds is 8. The molecule has 3 aromatic rings. The van der Waals surface area contributed by atoms with Gasteiger partial charge < -0.3 is 24.4 Å². The highest BCUT2D eigenvalue weighted by Gasteiger charge is 2.30. The fraction of sp³-hybridized carbons (Fsp3) is 0.423. The smallest absolute Gasteiger partial charge is 0.237 e. The third-order valence-electron chi connectivity index (χ3n) is 6.68. The monoisotopic (exact) mass is 529 g/mol. The molecular weight excluding hydrogens is 501 g/mol. The van der Waals surface area contributed by atoms with Gasteiger partial charge in [0.25, 0.3) is 0 Å². The Bertz CT molecular complexity index is 1270. The van der Waals surface area contributed by atoms with Crippen molar-refractivity contribution < 1.29 is 23.4 Å². The molecule has 196 valence electrons. The molecule has 1 atom stereocenters. The number of carbonyl (C=O) groups excluding carboxylic acids is 1. The zero-order valence-electron chi connectivity index (χ0n) is 20.6. The molecule has 2 aliphatic rings. The summed E-state index contributed by atoms with van der Waals surface area (Å²) in [7, 11) is 1.58. The summed E-state index contributed by atoms with van der Waals surface area (Å²) in [6, 6.07) is 7.90. The fourth-order valence-corrected chi connectivity index (χ4v) is 4.91. The lowest BCUT2D eigenvalue weighted by Gasteiger charge is -2.30. The maximum absolute atomic E-state index is 13.7. The van der Waals surface area contributed by atoms with E-state index in [1.807, 2.05) is 4.90 Å². The van der Waals surface area contributed by atoms with Crippen LogP contribution in [0.4, 0.5) is 15.9 Å². The number of morpholine rings is 1. The van der Waals surface area contributed by atoms with Gasteiger partial charge in [-0.2, -0.15) is 0 Å². The molecule has 2 fully saturated rings. The SMILES string of the molecule is COc1cc(OC[C@@H]2CCCN2C(=O)CN2CCOCC2)c2c(Nc3ccc(F)c(Cl)c3)ncnc2c1. The molecule has 1 N–H and O–H groups in total. The summed E-state index contributed by atoms with van der Waals surface area (Å²) in [5.74, 6) is 1.21. The minimum Gasteiger partial charge on any atom is -0.497 e. The fourth-order valence-electron chi connectivity index (χ4n) is 4.73. The van der Waals surface area contributed by atoms with Gasteiger partial charge in [-0.3, -0.25) is 9.69 Å². The van der Waals surface area contributed by atoms with E-state index in [0.717, 1.165) is 32.5 Å². The van der Waals surface area contributed by atoms with Crippen LogP contribution in [0.25, 0.3) is 10.9 Å². The number of nitrogens with zero attached hydrogens (tertiary/aromatic N) is 4. The van der Waals surface area contributed by atoms with Crippen molar-refractivity contribution >= 4 is 39.9 Å². The highest BCUT2D eigenvalue weighted by Crippen LogP contribution is 2.36. The van der Waals surface area contributed by atoms with Crippen molar-refractivity contribution in [2.75, 3.05) is 58.4 Å². The Balaban J connectivity index is 1.36. The molecule has 0 bridgehead atoms. The number of hydrogen-bond donors (Lipinski definition) is 1. The van der Waals surface area contributed by atoms with Crippen LogP contribution in [-0.4, -0.2) is 84.8 Å². The predicted molar refractivity (Wildman–Crippen MR) is 138 cm³/mol. The number of halogens is 2. The summed E-state index contributed by atoms with van der Waals surface area (Å²) in [5, 5.41) is 3.84. The molecule has 5 rings (SSSR count). The molecule has 2 aromatic carbocycles. The highest BCUT2D eigenvalue weighted by atomic mass is 35.5. The van der Waals surface area contributed by atoms with Crippen LogP contribution in [0.5, 0.6) is 11.5 Å². The number of likely N-dealkylation sites (tertiary alicyclic amines) is 1. The molecule has 1 aromatic heterocycles. The lowest BCUT2D eigenvalue weighted by molar-refractivity contribution is -0.134. The average molecular weight is 530 g/mol. The van der Waals surface area contributed by atoms with Crippen LogP contribution < -0.4 is 14.8 Å². The lowest BCUT2D eigenvalue weighted by atomic mass is 10.2. The molecule has 37 heavy (non-hydrogen) atoms. The molecule has 0 radical (unpaired) electrons. The lowest BCUT2D eigenvalue weighted by Crippen LogP contribution is -2.47.